The molecule has 1 aliphatic rings. The van der Waals surface area contributed by atoms with Crippen LogP contribution in [0.3, 0.4) is 0 Å². The number of rotatable bonds is 1. The molecule has 0 aliphatic carbocycles. The van der Waals surface area contributed by atoms with E-state index in [0.29, 0.717) is 0 Å². The molecule has 1 aliphatic heterocycles. The summed E-state index contributed by atoms with van der Waals surface area (Å²) < 4.78 is 20.0. The van der Waals surface area contributed by atoms with Gasteiger partial charge in [-0.1, -0.05) is 41.5 Å². The zero-order valence-corrected chi connectivity index (χ0v) is 11.8. The zero-order chi connectivity index (χ0) is 12.7. The second kappa shape index (κ2) is 4.29. The monoisotopic (exact) mass is 230 g/mol. The van der Waals surface area contributed by atoms with E-state index >= 15 is 0 Å². The molecule has 0 bridgehead atoms. The zero-order valence-electron chi connectivity index (χ0n) is 11.8. The molecule has 2 heteroatoms. The van der Waals surface area contributed by atoms with Crippen molar-refractivity contribution >= 4 is 0 Å². The van der Waals surface area contributed by atoms with Crippen molar-refractivity contribution in [3.8, 4) is 0 Å². The first kappa shape index (κ1) is 14.0. The highest BCUT2D eigenvalue weighted by molar-refractivity contribution is 4.96. The first-order chi connectivity index (χ1) is 7.02. The van der Waals surface area contributed by atoms with Gasteiger partial charge in [0.15, 0.2) is 0 Å². The van der Waals surface area contributed by atoms with Gasteiger partial charge in [0, 0.05) is 5.92 Å². The summed E-state index contributed by atoms with van der Waals surface area (Å²) in [7, 11) is 0. The highest BCUT2D eigenvalue weighted by Gasteiger charge is 2.49. The molecule has 1 rings (SSSR count). The summed E-state index contributed by atoms with van der Waals surface area (Å²) in [6.45, 7) is 14.8. The Morgan fingerprint density at radius 3 is 1.94 bits per heavy atom. The fourth-order valence-electron chi connectivity index (χ4n) is 2.75. The second-order valence-corrected chi connectivity index (χ2v) is 7.48. The summed E-state index contributed by atoms with van der Waals surface area (Å²) in [5.41, 5.74) is 0.165. The number of halogens is 1. The van der Waals surface area contributed by atoms with Crippen molar-refractivity contribution in [2.75, 3.05) is 0 Å². The Kier molecular flexibility index (Phi) is 3.74. The molecule has 1 fully saturated rings. The Hall–Kier alpha value is -0.110. The molecule has 1 unspecified atom stereocenters. The van der Waals surface area contributed by atoms with E-state index in [-0.39, 0.29) is 29.0 Å². The van der Waals surface area contributed by atoms with Gasteiger partial charge >= 0.3 is 0 Å². The maximum absolute atomic E-state index is 14.2. The van der Waals surface area contributed by atoms with Gasteiger partial charge in [0.05, 0.1) is 12.2 Å². The van der Waals surface area contributed by atoms with Crippen LogP contribution < -0.4 is 0 Å². The Balaban J connectivity index is 2.84. The van der Waals surface area contributed by atoms with Crippen LogP contribution in [-0.2, 0) is 4.74 Å². The maximum atomic E-state index is 14.2. The molecule has 0 aromatic rings. The van der Waals surface area contributed by atoms with Crippen LogP contribution in [0.2, 0.25) is 0 Å². The third kappa shape index (κ3) is 3.19. The number of hydrogen-bond donors (Lipinski definition) is 0. The smallest absolute Gasteiger partial charge is 0.132 e. The van der Waals surface area contributed by atoms with Crippen LogP contribution in [-0.4, -0.2) is 18.4 Å². The molecular formula is C14H27FO. The number of alkyl halides is 1. The molecule has 0 aromatic heterocycles. The highest BCUT2D eigenvalue weighted by Crippen LogP contribution is 2.45. The van der Waals surface area contributed by atoms with Crippen molar-refractivity contribution < 1.29 is 9.13 Å². The Morgan fingerprint density at radius 2 is 1.56 bits per heavy atom. The van der Waals surface area contributed by atoms with Gasteiger partial charge in [-0.05, 0) is 24.2 Å². The van der Waals surface area contributed by atoms with E-state index in [1.165, 1.54) is 0 Å². The van der Waals surface area contributed by atoms with Crippen LogP contribution in [0.25, 0.3) is 0 Å². The number of hydrogen-bond acceptors (Lipinski definition) is 1. The molecule has 0 spiro atoms. The van der Waals surface area contributed by atoms with E-state index in [0.717, 1.165) is 6.42 Å². The van der Waals surface area contributed by atoms with Crippen molar-refractivity contribution in [1.82, 2.24) is 0 Å². The van der Waals surface area contributed by atoms with Gasteiger partial charge in [-0.25, -0.2) is 4.39 Å². The average molecular weight is 230 g/mol. The fraction of sp³-hybridized carbons (Fsp3) is 1.00. The lowest BCUT2D eigenvalue weighted by Gasteiger charge is -2.34. The molecule has 0 saturated carbocycles. The van der Waals surface area contributed by atoms with Gasteiger partial charge in [0.2, 0.25) is 0 Å². The van der Waals surface area contributed by atoms with Crippen molar-refractivity contribution in [3.63, 3.8) is 0 Å². The molecule has 0 radical (unpaired) electrons. The van der Waals surface area contributed by atoms with Crippen LogP contribution >= 0.6 is 0 Å². The quantitative estimate of drug-likeness (QED) is 0.655. The highest BCUT2D eigenvalue weighted by atomic mass is 19.1. The molecule has 0 aromatic carbocycles. The van der Waals surface area contributed by atoms with Gasteiger partial charge in [-0.2, -0.15) is 0 Å². The normalized spacial score (nSPS) is 36.8. The summed E-state index contributed by atoms with van der Waals surface area (Å²) >= 11 is 0. The van der Waals surface area contributed by atoms with E-state index in [1.54, 1.807) is 0 Å². The SMILES string of the molecule is C[C@@H]1O[C@H](CC(C)(C)C)[C@H](C(C)(C)C)C1F. The van der Waals surface area contributed by atoms with E-state index in [1.807, 2.05) is 6.92 Å². The van der Waals surface area contributed by atoms with Gasteiger partial charge in [0.1, 0.15) is 6.17 Å². The van der Waals surface area contributed by atoms with E-state index < -0.39 is 6.17 Å². The predicted molar refractivity (Wildman–Crippen MR) is 66.2 cm³/mol. The summed E-state index contributed by atoms with van der Waals surface area (Å²) in [4.78, 5) is 0. The van der Waals surface area contributed by atoms with E-state index in [4.69, 9.17) is 4.74 Å². The molecule has 1 heterocycles. The van der Waals surface area contributed by atoms with E-state index in [9.17, 15) is 4.39 Å². The average Bonchev–Trinajstić information content (AvgIpc) is 2.21. The minimum atomic E-state index is -0.827. The maximum Gasteiger partial charge on any atom is 0.132 e. The molecule has 1 nitrogen and oxygen atoms in total. The van der Waals surface area contributed by atoms with Crippen molar-refractivity contribution in [2.45, 2.75) is 73.3 Å². The second-order valence-electron chi connectivity index (χ2n) is 7.48. The molecule has 16 heavy (non-hydrogen) atoms. The minimum Gasteiger partial charge on any atom is -0.372 e. The van der Waals surface area contributed by atoms with Gasteiger partial charge < -0.3 is 4.74 Å². The minimum absolute atomic E-state index is 0.0155. The molecule has 0 amide bonds. The van der Waals surface area contributed by atoms with Gasteiger partial charge in [-0.3, -0.25) is 0 Å². The lowest BCUT2D eigenvalue weighted by molar-refractivity contribution is 0.000789. The third-order valence-electron chi connectivity index (χ3n) is 3.40. The lowest BCUT2D eigenvalue weighted by atomic mass is 9.72. The lowest BCUT2D eigenvalue weighted by Crippen LogP contribution is -2.36. The summed E-state index contributed by atoms with van der Waals surface area (Å²) in [6.07, 6.45) is -0.0893. The van der Waals surface area contributed by atoms with Crippen LogP contribution in [0.4, 0.5) is 4.39 Å². The topological polar surface area (TPSA) is 9.23 Å². The number of ether oxygens (including phenoxy) is 1. The molecule has 1 saturated heterocycles. The first-order valence-electron chi connectivity index (χ1n) is 6.32. The van der Waals surface area contributed by atoms with Crippen LogP contribution in [0.15, 0.2) is 0 Å². The van der Waals surface area contributed by atoms with Gasteiger partial charge in [0.25, 0.3) is 0 Å². The Morgan fingerprint density at radius 1 is 1.06 bits per heavy atom. The summed E-state index contributed by atoms with van der Waals surface area (Å²) in [6, 6.07) is 0. The largest absolute Gasteiger partial charge is 0.372 e. The Bertz CT molecular complexity index is 236. The van der Waals surface area contributed by atoms with Crippen molar-refractivity contribution in [2.24, 2.45) is 16.7 Å². The van der Waals surface area contributed by atoms with Crippen LogP contribution in [0, 0.1) is 16.7 Å². The fourth-order valence-corrected chi connectivity index (χ4v) is 2.75. The van der Waals surface area contributed by atoms with Crippen molar-refractivity contribution in [3.05, 3.63) is 0 Å². The summed E-state index contributed by atoms with van der Waals surface area (Å²) in [5, 5.41) is 0. The first-order valence-corrected chi connectivity index (χ1v) is 6.32. The molecule has 96 valence electrons. The van der Waals surface area contributed by atoms with Crippen molar-refractivity contribution in [1.29, 1.82) is 0 Å². The third-order valence-corrected chi connectivity index (χ3v) is 3.40. The van der Waals surface area contributed by atoms with Gasteiger partial charge in [-0.15, -0.1) is 0 Å². The van der Waals surface area contributed by atoms with E-state index in [2.05, 4.69) is 41.5 Å². The predicted octanol–water partition coefficient (Wildman–Crippen LogP) is 4.21. The molecule has 0 N–H and O–H groups in total. The van der Waals surface area contributed by atoms with Crippen LogP contribution in [0.5, 0.6) is 0 Å². The Labute approximate surface area is 99.8 Å². The summed E-state index contributed by atoms with van der Waals surface area (Å²) in [5.74, 6) is 0.0155. The molecular weight excluding hydrogens is 203 g/mol. The molecule has 4 atom stereocenters. The van der Waals surface area contributed by atoms with Crippen LogP contribution in [0.1, 0.15) is 54.9 Å². The standard InChI is InChI=1S/C14H27FO/c1-9-12(15)11(14(5,6)7)10(16-9)8-13(2,3)4/h9-12H,8H2,1-7H3/t9-,10+,11-,12?/m0/s1.